The summed E-state index contributed by atoms with van der Waals surface area (Å²) in [7, 11) is 1.36. The van der Waals surface area contributed by atoms with Crippen LogP contribution in [0.2, 0.25) is 0 Å². The van der Waals surface area contributed by atoms with Crippen LogP contribution in [0.3, 0.4) is 0 Å². The van der Waals surface area contributed by atoms with Gasteiger partial charge in [0.2, 0.25) is 0 Å². The van der Waals surface area contributed by atoms with E-state index < -0.39 is 9.05 Å². The number of piperidine rings is 1. The number of nitrogens with zero attached hydrogens (tertiary/aromatic N) is 1. The molecule has 0 aromatic rings. The first-order valence-corrected chi connectivity index (χ1v) is 7.91. The number of hydrogen-bond donors (Lipinski definition) is 0. The van der Waals surface area contributed by atoms with Crippen molar-refractivity contribution in [3.05, 3.63) is 0 Å². The fraction of sp³-hybridized carbons (Fsp3) is 0.818. The minimum atomic E-state index is -3.67. The van der Waals surface area contributed by atoms with Crippen molar-refractivity contribution < 1.29 is 8.42 Å². The van der Waals surface area contributed by atoms with Crippen LogP contribution in [0, 0.1) is 11.2 Å². The lowest BCUT2D eigenvalue weighted by Gasteiger charge is -2.37. The summed E-state index contributed by atoms with van der Waals surface area (Å²) in [6.45, 7) is 5.39. The predicted molar refractivity (Wildman–Crippen MR) is 66.6 cm³/mol. The fourth-order valence-corrected chi connectivity index (χ4v) is 2.59. The maximum absolute atomic E-state index is 10.7. The van der Waals surface area contributed by atoms with Crippen LogP contribution < -0.4 is 0 Å². The Bertz CT molecular complexity index is 381. The zero-order chi connectivity index (χ0) is 12.2. The zero-order valence-electron chi connectivity index (χ0n) is 9.74. The first-order valence-electron chi connectivity index (χ1n) is 5.60. The first-order chi connectivity index (χ1) is 7.40. The Balaban J connectivity index is 2.59. The Morgan fingerprint density at radius 2 is 2.12 bits per heavy atom. The molecule has 1 aliphatic rings. The van der Waals surface area contributed by atoms with Crippen molar-refractivity contribution in [3.8, 4) is 11.2 Å². The monoisotopic (exact) mass is 263 g/mol. The Labute approximate surface area is 103 Å². The summed E-state index contributed by atoms with van der Waals surface area (Å²) >= 11 is 0. The Kier molecular flexibility index (Phi) is 5.10. The lowest BCUT2D eigenvalue weighted by molar-refractivity contribution is 0.115. The average molecular weight is 264 g/mol. The molecular weight excluding hydrogens is 246 g/mol. The third-order valence-corrected chi connectivity index (χ3v) is 3.49. The molecule has 92 valence electrons. The van der Waals surface area contributed by atoms with E-state index in [0.29, 0.717) is 18.5 Å². The lowest BCUT2D eigenvalue weighted by Crippen LogP contribution is -2.43. The van der Waals surface area contributed by atoms with E-state index in [-0.39, 0.29) is 0 Å². The topological polar surface area (TPSA) is 37.4 Å². The molecule has 1 saturated heterocycles. The first kappa shape index (κ1) is 13.8. The lowest BCUT2D eigenvalue weighted by atomic mass is 9.98. The van der Waals surface area contributed by atoms with Crippen LogP contribution in [-0.2, 0) is 9.05 Å². The maximum atomic E-state index is 10.7. The Morgan fingerprint density at radius 3 is 2.69 bits per heavy atom. The zero-order valence-corrected chi connectivity index (χ0v) is 11.3. The van der Waals surface area contributed by atoms with Gasteiger partial charge in [0.15, 0.2) is 0 Å². The van der Waals surface area contributed by atoms with Gasteiger partial charge in [-0.05, 0) is 33.2 Å². The molecule has 0 radical (unpaired) electrons. The quantitative estimate of drug-likeness (QED) is 0.566. The summed E-state index contributed by atoms with van der Waals surface area (Å²) in [6.07, 6.45) is 4.10. The van der Waals surface area contributed by atoms with Crippen LogP contribution in [0.4, 0.5) is 0 Å². The normalized spacial score (nSPS) is 22.9. The van der Waals surface area contributed by atoms with Gasteiger partial charge in [0, 0.05) is 34.4 Å². The van der Waals surface area contributed by atoms with E-state index in [1.165, 1.54) is 12.8 Å². The van der Waals surface area contributed by atoms with Crippen molar-refractivity contribution in [3.63, 3.8) is 0 Å². The van der Waals surface area contributed by atoms with Gasteiger partial charge in [-0.2, -0.15) is 8.42 Å². The summed E-state index contributed by atoms with van der Waals surface area (Å²) in [5.74, 6) is 2.67. The highest BCUT2D eigenvalue weighted by molar-refractivity contribution is 8.17. The van der Waals surface area contributed by atoms with Crippen LogP contribution in [0.5, 0.6) is 0 Å². The molecule has 1 fully saturated rings. The van der Waals surface area contributed by atoms with Gasteiger partial charge in [-0.15, -0.1) is 0 Å². The molecule has 0 aromatic carbocycles. The van der Waals surface area contributed by atoms with E-state index in [1.54, 1.807) is 0 Å². The summed E-state index contributed by atoms with van der Waals surface area (Å²) in [4.78, 5) is 2.39. The smallest absolute Gasteiger partial charge is 0.297 e. The van der Waals surface area contributed by atoms with E-state index in [0.717, 1.165) is 13.0 Å². The van der Waals surface area contributed by atoms with Gasteiger partial charge in [0.1, 0.15) is 0 Å². The molecule has 0 saturated carbocycles. The average Bonchev–Trinajstić information content (AvgIpc) is 2.16. The molecule has 0 bridgehead atoms. The summed E-state index contributed by atoms with van der Waals surface area (Å²) in [6, 6.07) is 0.861. The molecule has 0 N–H and O–H groups in total. The standard InChI is InChI=1S/C11H18ClNO2S/c1-10(2)13-8-4-3-6-11(13)7-5-9-16(12,14)15/h10-11H,3-4,6-8H2,1-2H3. The van der Waals surface area contributed by atoms with Gasteiger partial charge in [-0.3, -0.25) is 4.90 Å². The maximum Gasteiger partial charge on any atom is 0.300 e. The van der Waals surface area contributed by atoms with Crippen molar-refractivity contribution in [1.29, 1.82) is 0 Å². The number of halogens is 1. The second-order valence-electron chi connectivity index (χ2n) is 4.40. The molecule has 1 aliphatic heterocycles. The number of likely N-dealkylation sites (tertiary alicyclic amines) is 1. The van der Waals surface area contributed by atoms with Gasteiger partial charge in [0.25, 0.3) is 0 Å². The van der Waals surface area contributed by atoms with Crippen LogP contribution in [-0.4, -0.2) is 31.9 Å². The molecule has 3 nitrogen and oxygen atoms in total. The molecule has 1 atom stereocenters. The van der Waals surface area contributed by atoms with Crippen LogP contribution >= 0.6 is 10.7 Å². The van der Waals surface area contributed by atoms with Gasteiger partial charge in [0.05, 0.1) is 0 Å². The molecule has 16 heavy (non-hydrogen) atoms. The van der Waals surface area contributed by atoms with Gasteiger partial charge in [-0.25, -0.2) is 0 Å². The Hall–Kier alpha value is -0.240. The van der Waals surface area contributed by atoms with Gasteiger partial charge >= 0.3 is 9.05 Å². The fourth-order valence-electron chi connectivity index (χ4n) is 2.17. The van der Waals surface area contributed by atoms with E-state index in [1.807, 2.05) is 0 Å². The van der Waals surface area contributed by atoms with Crippen molar-refractivity contribution in [2.45, 2.75) is 51.6 Å². The summed E-state index contributed by atoms with van der Waals surface area (Å²) < 4.78 is 21.3. The van der Waals surface area contributed by atoms with E-state index in [4.69, 9.17) is 10.7 Å². The van der Waals surface area contributed by atoms with Crippen LogP contribution in [0.15, 0.2) is 0 Å². The highest BCUT2D eigenvalue weighted by Crippen LogP contribution is 2.21. The molecule has 5 heteroatoms. The molecule has 0 spiro atoms. The van der Waals surface area contributed by atoms with Crippen LogP contribution in [0.1, 0.15) is 39.5 Å². The van der Waals surface area contributed by atoms with E-state index >= 15 is 0 Å². The summed E-state index contributed by atoms with van der Waals surface area (Å²) in [5, 5.41) is 2.09. The molecule has 1 rings (SSSR count). The second kappa shape index (κ2) is 5.90. The molecule has 0 amide bonds. The minimum Gasteiger partial charge on any atom is -0.297 e. The van der Waals surface area contributed by atoms with Crippen molar-refractivity contribution >= 4 is 19.7 Å². The number of rotatable bonds is 2. The molecule has 1 unspecified atom stereocenters. The van der Waals surface area contributed by atoms with Crippen LogP contribution in [0.25, 0.3) is 0 Å². The summed E-state index contributed by atoms with van der Waals surface area (Å²) in [5.41, 5.74) is 0. The van der Waals surface area contributed by atoms with E-state index in [9.17, 15) is 8.42 Å². The largest absolute Gasteiger partial charge is 0.300 e. The number of hydrogen-bond acceptors (Lipinski definition) is 3. The third kappa shape index (κ3) is 4.73. The third-order valence-electron chi connectivity index (χ3n) is 2.87. The highest BCUT2D eigenvalue weighted by Gasteiger charge is 2.23. The minimum absolute atomic E-state index is 0.375. The second-order valence-corrected chi connectivity index (χ2v) is 6.70. The van der Waals surface area contributed by atoms with Crippen molar-refractivity contribution in [2.24, 2.45) is 0 Å². The van der Waals surface area contributed by atoms with Gasteiger partial charge in [-0.1, -0.05) is 12.3 Å². The van der Waals surface area contributed by atoms with Gasteiger partial charge < -0.3 is 0 Å². The molecule has 1 heterocycles. The molecule has 0 aliphatic carbocycles. The predicted octanol–water partition coefficient (Wildman–Crippen LogP) is 2.17. The Morgan fingerprint density at radius 1 is 1.44 bits per heavy atom. The van der Waals surface area contributed by atoms with Crippen molar-refractivity contribution in [1.82, 2.24) is 4.90 Å². The molecule has 0 aromatic heterocycles. The van der Waals surface area contributed by atoms with Crippen molar-refractivity contribution in [2.75, 3.05) is 6.54 Å². The molecular formula is C11H18ClNO2S. The van der Waals surface area contributed by atoms with E-state index in [2.05, 4.69) is 29.9 Å². The SMILES string of the molecule is CC(C)N1CCCCC1CC#CS(=O)(=O)Cl. The highest BCUT2D eigenvalue weighted by atomic mass is 35.7.